The number of carbonyl (C=O) groups is 1. The third-order valence-electron chi connectivity index (χ3n) is 4.77. The summed E-state index contributed by atoms with van der Waals surface area (Å²) in [6, 6.07) is 3.94. The Balaban J connectivity index is 1.52. The van der Waals surface area contributed by atoms with Crippen molar-refractivity contribution in [2.24, 2.45) is 0 Å². The maximum atomic E-state index is 13.0. The first-order valence-corrected chi connectivity index (χ1v) is 9.75. The number of H-pyrrole nitrogens is 1. The molecule has 0 unspecified atom stereocenters. The van der Waals surface area contributed by atoms with Gasteiger partial charge >= 0.3 is 0 Å². The summed E-state index contributed by atoms with van der Waals surface area (Å²) in [5.41, 5.74) is 3.41. The van der Waals surface area contributed by atoms with Crippen LogP contribution in [0.5, 0.6) is 0 Å². The molecule has 3 aromatic rings. The highest BCUT2D eigenvalue weighted by atomic mass is 32.1. The highest BCUT2D eigenvalue weighted by Crippen LogP contribution is 2.32. The van der Waals surface area contributed by atoms with E-state index in [9.17, 15) is 4.79 Å². The van der Waals surface area contributed by atoms with Crippen LogP contribution in [-0.4, -0.2) is 42.3 Å². The van der Waals surface area contributed by atoms with Crippen molar-refractivity contribution in [2.75, 3.05) is 6.54 Å². The Bertz CT molecular complexity index is 897. The lowest BCUT2D eigenvalue weighted by Gasteiger charge is -2.34. The summed E-state index contributed by atoms with van der Waals surface area (Å²) in [6.07, 6.45) is 4.91. The largest absolute Gasteiger partial charge is 0.328 e. The van der Waals surface area contributed by atoms with Crippen molar-refractivity contribution in [3.63, 3.8) is 0 Å². The lowest BCUT2D eigenvalue weighted by Crippen LogP contribution is -2.38. The molecule has 0 aromatic carbocycles. The van der Waals surface area contributed by atoms with Gasteiger partial charge < -0.3 is 4.90 Å². The molecule has 4 rings (SSSR count). The van der Waals surface area contributed by atoms with E-state index in [1.54, 1.807) is 17.5 Å². The average Bonchev–Trinajstić information content (AvgIpc) is 3.37. The number of thiazole rings is 1. The fourth-order valence-electron chi connectivity index (χ4n) is 3.53. The summed E-state index contributed by atoms with van der Waals surface area (Å²) in [4.78, 5) is 19.4. The van der Waals surface area contributed by atoms with Gasteiger partial charge in [0.15, 0.2) is 5.69 Å². The average molecular weight is 370 g/mol. The number of aryl methyl sites for hydroxylation is 2. The molecule has 3 aromatic heterocycles. The first-order valence-electron chi connectivity index (χ1n) is 8.87. The predicted molar refractivity (Wildman–Crippen MR) is 99.1 cm³/mol. The van der Waals surface area contributed by atoms with Crippen molar-refractivity contribution in [1.82, 2.24) is 29.9 Å². The van der Waals surface area contributed by atoms with Crippen LogP contribution < -0.4 is 0 Å². The van der Waals surface area contributed by atoms with Crippen molar-refractivity contribution in [2.45, 2.75) is 45.7 Å². The molecular weight excluding hydrogens is 348 g/mol. The Morgan fingerprint density at radius 3 is 2.96 bits per heavy atom. The number of nitrogens with zero attached hydrogens (tertiary/aromatic N) is 5. The van der Waals surface area contributed by atoms with Gasteiger partial charge in [0, 0.05) is 23.8 Å². The molecule has 1 N–H and O–H groups in total. The van der Waals surface area contributed by atoms with Gasteiger partial charge in [-0.15, -0.1) is 11.3 Å². The van der Waals surface area contributed by atoms with Crippen LogP contribution in [0.2, 0.25) is 0 Å². The number of aromatic nitrogens is 5. The fraction of sp³-hybridized carbons (Fsp3) is 0.444. The minimum absolute atomic E-state index is 0.0271. The van der Waals surface area contributed by atoms with Gasteiger partial charge in [-0.2, -0.15) is 10.2 Å². The van der Waals surface area contributed by atoms with E-state index in [1.165, 1.54) is 0 Å². The van der Waals surface area contributed by atoms with Crippen molar-refractivity contribution >= 4 is 17.2 Å². The van der Waals surface area contributed by atoms with E-state index < -0.39 is 0 Å². The molecule has 1 fully saturated rings. The molecular formula is C18H22N6OS. The zero-order valence-electron chi connectivity index (χ0n) is 15.0. The van der Waals surface area contributed by atoms with E-state index in [0.29, 0.717) is 12.2 Å². The van der Waals surface area contributed by atoms with Gasteiger partial charge in [0.05, 0.1) is 24.0 Å². The number of piperidine rings is 1. The molecule has 1 saturated heterocycles. The molecule has 0 saturated carbocycles. The van der Waals surface area contributed by atoms with E-state index in [1.807, 2.05) is 40.9 Å². The molecule has 1 amide bonds. The van der Waals surface area contributed by atoms with Gasteiger partial charge in [-0.05, 0) is 45.2 Å². The number of carbonyl (C=O) groups excluding carboxylic acids is 1. The monoisotopic (exact) mass is 370 g/mol. The quantitative estimate of drug-likeness (QED) is 0.765. The Labute approximate surface area is 156 Å². The van der Waals surface area contributed by atoms with Crippen LogP contribution in [0.25, 0.3) is 0 Å². The summed E-state index contributed by atoms with van der Waals surface area (Å²) in [5.74, 6) is -0.0271. The topological polar surface area (TPSA) is 79.7 Å². The molecule has 4 heterocycles. The van der Waals surface area contributed by atoms with Crippen LogP contribution >= 0.6 is 11.3 Å². The molecule has 136 valence electrons. The van der Waals surface area contributed by atoms with E-state index in [4.69, 9.17) is 0 Å². The first kappa shape index (κ1) is 17.0. The van der Waals surface area contributed by atoms with Gasteiger partial charge in [0.1, 0.15) is 5.01 Å². The highest BCUT2D eigenvalue weighted by molar-refractivity contribution is 7.09. The predicted octanol–water partition coefficient (Wildman–Crippen LogP) is 3.10. The van der Waals surface area contributed by atoms with Gasteiger partial charge in [-0.25, -0.2) is 4.98 Å². The zero-order chi connectivity index (χ0) is 18.1. The van der Waals surface area contributed by atoms with Crippen LogP contribution in [0.1, 0.15) is 57.9 Å². The second-order valence-corrected chi connectivity index (χ2v) is 7.67. The van der Waals surface area contributed by atoms with Crippen LogP contribution in [0, 0.1) is 13.8 Å². The van der Waals surface area contributed by atoms with Gasteiger partial charge in [-0.1, -0.05) is 0 Å². The van der Waals surface area contributed by atoms with Gasteiger partial charge in [-0.3, -0.25) is 14.6 Å². The molecule has 7 nitrogen and oxygen atoms in total. The van der Waals surface area contributed by atoms with E-state index >= 15 is 0 Å². The maximum absolute atomic E-state index is 13.0. The molecule has 0 bridgehead atoms. The standard InChI is InChI=1S/C18H22N6OS/c1-12-9-13(2)24(22-12)11-14-10-15(21-20-14)18(25)23-7-4-3-5-16(23)17-19-6-8-26-17/h6,8-10,16H,3-5,7,11H2,1-2H3,(H,20,21)/t16-/m1/s1. The summed E-state index contributed by atoms with van der Waals surface area (Å²) in [6.45, 7) is 5.33. The number of hydrogen-bond donors (Lipinski definition) is 1. The molecule has 26 heavy (non-hydrogen) atoms. The fourth-order valence-corrected chi connectivity index (χ4v) is 4.31. The van der Waals surface area contributed by atoms with Crippen molar-refractivity contribution in [3.8, 4) is 0 Å². The Kier molecular flexibility index (Phi) is 4.58. The minimum Gasteiger partial charge on any atom is -0.328 e. The lowest BCUT2D eigenvalue weighted by molar-refractivity contribution is 0.0605. The molecule has 0 spiro atoms. The Morgan fingerprint density at radius 1 is 1.35 bits per heavy atom. The van der Waals surface area contributed by atoms with Crippen LogP contribution in [-0.2, 0) is 6.54 Å². The van der Waals surface area contributed by atoms with Crippen LogP contribution in [0.4, 0.5) is 0 Å². The summed E-state index contributed by atoms with van der Waals surface area (Å²) in [5, 5.41) is 14.7. The number of nitrogens with one attached hydrogen (secondary N) is 1. The molecule has 1 aliphatic rings. The van der Waals surface area contributed by atoms with Gasteiger partial charge in [0.2, 0.25) is 0 Å². The number of amides is 1. The molecule has 0 radical (unpaired) electrons. The smallest absolute Gasteiger partial charge is 0.274 e. The summed E-state index contributed by atoms with van der Waals surface area (Å²) >= 11 is 1.61. The Hall–Kier alpha value is -2.48. The number of likely N-dealkylation sites (tertiary alicyclic amines) is 1. The number of aromatic amines is 1. The van der Waals surface area contributed by atoms with Crippen molar-refractivity contribution in [1.29, 1.82) is 0 Å². The minimum atomic E-state index is -0.0271. The number of hydrogen-bond acceptors (Lipinski definition) is 5. The lowest BCUT2D eigenvalue weighted by atomic mass is 10.0. The van der Waals surface area contributed by atoms with E-state index in [2.05, 4.69) is 20.3 Å². The van der Waals surface area contributed by atoms with Crippen LogP contribution in [0.15, 0.2) is 23.7 Å². The molecule has 8 heteroatoms. The highest BCUT2D eigenvalue weighted by Gasteiger charge is 2.31. The first-order chi connectivity index (χ1) is 12.6. The molecule has 1 atom stereocenters. The molecule has 1 aliphatic heterocycles. The third-order valence-corrected chi connectivity index (χ3v) is 5.65. The van der Waals surface area contributed by atoms with E-state index in [0.717, 1.165) is 47.9 Å². The summed E-state index contributed by atoms with van der Waals surface area (Å²) < 4.78 is 1.91. The van der Waals surface area contributed by atoms with Crippen molar-refractivity contribution in [3.05, 3.63) is 51.5 Å². The second-order valence-electron chi connectivity index (χ2n) is 6.74. The number of rotatable bonds is 4. The SMILES string of the molecule is Cc1cc(C)n(Cc2cc(C(=O)N3CCCC[C@@H]3c3nccs3)n[nH]2)n1. The Morgan fingerprint density at radius 2 is 2.23 bits per heavy atom. The van der Waals surface area contributed by atoms with Crippen molar-refractivity contribution < 1.29 is 4.79 Å². The van der Waals surface area contributed by atoms with Gasteiger partial charge in [0.25, 0.3) is 5.91 Å². The summed E-state index contributed by atoms with van der Waals surface area (Å²) in [7, 11) is 0. The van der Waals surface area contributed by atoms with E-state index in [-0.39, 0.29) is 11.9 Å². The zero-order valence-corrected chi connectivity index (χ0v) is 15.8. The maximum Gasteiger partial charge on any atom is 0.274 e. The second kappa shape index (κ2) is 7.03. The molecule has 0 aliphatic carbocycles. The third kappa shape index (κ3) is 3.29. The normalized spacial score (nSPS) is 17.6. The van der Waals surface area contributed by atoms with Crippen LogP contribution in [0.3, 0.4) is 0 Å².